The molecule has 1 heterocycles. The van der Waals surface area contributed by atoms with Crippen LogP contribution in [0.3, 0.4) is 0 Å². The predicted molar refractivity (Wildman–Crippen MR) is 135 cm³/mol. The first-order chi connectivity index (χ1) is 17.5. The van der Waals surface area contributed by atoms with Crippen LogP contribution in [0.15, 0.2) is 97.1 Å². The molecule has 0 amide bonds. The van der Waals surface area contributed by atoms with Gasteiger partial charge in [-0.1, -0.05) is 72.8 Å². The van der Waals surface area contributed by atoms with Gasteiger partial charge in [-0.15, -0.1) is 0 Å². The normalized spacial score (nSPS) is 16.7. The number of carboxylic acids is 2. The van der Waals surface area contributed by atoms with E-state index < -0.39 is 17.5 Å². The van der Waals surface area contributed by atoms with Crippen LogP contribution in [-0.2, 0) is 5.60 Å². The lowest BCUT2D eigenvalue weighted by Crippen LogP contribution is -2.43. The molecule has 0 spiro atoms. The van der Waals surface area contributed by atoms with Gasteiger partial charge >= 0.3 is 11.9 Å². The minimum Gasteiger partial charge on any atom is -0.484 e. The Balaban J connectivity index is 1.63. The van der Waals surface area contributed by atoms with Gasteiger partial charge in [0, 0.05) is 21.9 Å². The average molecular weight is 476 g/mol. The molecule has 0 saturated heterocycles. The van der Waals surface area contributed by atoms with Gasteiger partial charge in [-0.3, -0.25) is 0 Å². The molecule has 5 aromatic carbocycles. The first-order valence-electron chi connectivity index (χ1n) is 11.4. The largest absolute Gasteiger partial charge is 0.484 e. The molecule has 1 unspecified atom stereocenters. The first kappa shape index (κ1) is 21.7. The Labute approximate surface area is 206 Å². The number of aromatic carboxylic acids is 2. The van der Waals surface area contributed by atoms with E-state index in [0.29, 0.717) is 22.6 Å². The van der Waals surface area contributed by atoms with Gasteiger partial charge in [0.05, 0.1) is 11.1 Å². The molecule has 1 aliphatic heterocycles. The van der Waals surface area contributed by atoms with Crippen molar-refractivity contribution >= 4 is 33.5 Å². The van der Waals surface area contributed by atoms with Crippen molar-refractivity contribution in [2.24, 2.45) is 0 Å². The highest BCUT2D eigenvalue weighted by Crippen LogP contribution is 2.51. The molecule has 1 atom stereocenters. The fourth-order valence-corrected chi connectivity index (χ4v) is 4.94. The molecule has 6 heteroatoms. The molecular weight excluding hydrogens is 456 g/mol. The molecule has 0 fully saturated rings. The molecule has 0 radical (unpaired) electrons. The predicted octanol–water partition coefficient (Wildman–Crippen LogP) is 6.10. The van der Waals surface area contributed by atoms with E-state index in [4.69, 9.17) is 9.47 Å². The molecule has 36 heavy (non-hydrogen) atoms. The zero-order valence-electron chi connectivity index (χ0n) is 19.0. The van der Waals surface area contributed by atoms with Crippen molar-refractivity contribution in [1.82, 2.24) is 0 Å². The number of hydrogen-bond acceptors (Lipinski definition) is 4. The quantitative estimate of drug-likeness (QED) is 0.304. The summed E-state index contributed by atoms with van der Waals surface area (Å²) < 4.78 is 13.3. The number of fused-ring (bicyclic) bond motifs is 6. The summed E-state index contributed by atoms with van der Waals surface area (Å²) in [4.78, 5) is 23.3. The number of ether oxygens (including phenoxy) is 2. The molecule has 2 N–H and O–H groups in total. The Kier molecular flexibility index (Phi) is 4.90. The number of benzene rings is 5. The Morgan fingerprint density at radius 3 is 1.81 bits per heavy atom. The highest BCUT2D eigenvalue weighted by Gasteiger charge is 2.43. The maximum atomic E-state index is 11.8. The fraction of sp³-hybridized carbons (Fsp3) is 0.0667. The van der Waals surface area contributed by atoms with Gasteiger partial charge in [0.15, 0.2) is 17.1 Å². The van der Waals surface area contributed by atoms with E-state index >= 15 is 0 Å². The second-order valence-corrected chi connectivity index (χ2v) is 8.74. The Hall–Kier alpha value is -4.84. The summed E-state index contributed by atoms with van der Waals surface area (Å²) in [6, 6.07) is 28.8. The fourth-order valence-electron chi connectivity index (χ4n) is 4.94. The lowest BCUT2D eigenvalue weighted by atomic mass is 9.84. The summed E-state index contributed by atoms with van der Waals surface area (Å²) in [6.45, 7) is 0.0673. The van der Waals surface area contributed by atoms with Gasteiger partial charge in [-0.05, 0) is 35.0 Å². The second-order valence-electron chi connectivity index (χ2n) is 8.74. The number of hydrogen-bond donors (Lipinski definition) is 2. The van der Waals surface area contributed by atoms with E-state index in [2.05, 4.69) is 0 Å². The van der Waals surface area contributed by atoms with Crippen molar-refractivity contribution in [3.05, 3.63) is 119 Å². The number of carbonyl (C=O) groups is 2. The maximum absolute atomic E-state index is 11.8. The van der Waals surface area contributed by atoms with Gasteiger partial charge in [0.25, 0.3) is 0 Å². The van der Waals surface area contributed by atoms with Crippen LogP contribution in [0.5, 0.6) is 11.5 Å². The van der Waals surface area contributed by atoms with Gasteiger partial charge in [-0.2, -0.15) is 0 Å². The van der Waals surface area contributed by atoms with Crippen LogP contribution in [0.4, 0.5) is 0 Å². The minimum atomic E-state index is -1.21. The second kappa shape index (κ2) is 8.13. The zero-order chi connectivity index (χ0) is 24.9. The average Bonchev–Trinajstić information content (AvgIpc) is 2.93. The maximum Gasteiger partial charge on any atom is 0.335 e. The Morgan fingerprint density at radius 2 is 1.19 bits per heavy atom. The molecule has 0 aliphatic carbocycles. The molecule has 6 rings (SSSR count). The minimum absolute atomic E-state index is 0.0673. The van der Waals surface area contributed by atoms with Crippen molar-refractivity contribution in [1.29, 1.82) is 0 Å². The lowest BCUT2D eigenvalue weighted by Gasteiger charge is -2.40. The third-order valence-corrected chi connectivity index (χ3v) is 6.71. The standard InChI is InChI=1S/C30H20O6/c31-28(32)18-12-14-20(15-13-18)30(21-7-5-6-19(16-21)29(33)34)17-35-26-24-10-3-1-8-22(24)23-9-2-4-11-25(23)27(26)36-30/h1-16H,17H2,(H,31,32)(H,33,34). The summed E-state index contributed by atoms with van der Waals surface area (Å²) in [7, 11) is 0. The van der Waals surface area contributed by atoms with Crippen LogP contribution in [0, 0.1) is 0 Å². The van der Waals surface area contributed by atoms with E-state index in [1.54, 1.807) is 30.3 Å². The summed E-state index contributed by atoms with van der Waals surface area (Å²) in [5.74, 6) is -0.913. The highest BCUT2D eigenvalue weighted by atomic mass is 16.6. The smallest absolute Gasteiger partial charge is 0.335 e. The van der Waals surface area contributed by atoms with Gasteiger partial charge in [0.1, 0.15) is 6.61 Å². The van der Waals surface area contributed by atoms with Crippen LogP contribution < -0.4 is 9.47 Å². The van der Waals surface area contributed by atoms with E-state index in [0.717, 1.165) is 21.5 Å². The molecule has 0 aromatic heterocycles. The van der Waals surface area contributed by atoms with Crippen molar-refractivity contribution in [2.75, 3.05) is 6.61 Å². The van der Waals surface area contributed by atoms with Crippen molar-refractivity contribution in [2.45, 2.75) is 5.60 Å². The zero-order valence-corrected chi connectivity index (χ0v) is 19.0. The van der Waals surface area contributed by atoms with Gasteiger partial charge in [-0.25, -0.2) is 9.59 Å². The van der Waals surface area contributed by atoms with Crippen LogP contribution in [0.25, 0.3) is 21.5 Å². The number of rotatable bonds is 4. The molecule has 0 bridgehead atoms. The Bertz CT molecular complexity index is 1670. The van der Waals surface area contributed by atoms with E-state index in [1.807, 2.05) is 48.5 Å². The third kappa shape index (κ3) is 3.26. The topological polar surface area (TPSA) is 93.1 Å². The number of carboxylic acid groups (broad SMARTS) is 2. The molecule has 6 nitrogen and oxygen atoms in total. The summed E-state index contributed by atoms with van der Waals surface area (Å²) >= 11 is 0. The van der Waals surface area contributed by atoms with Crippen molar-refractivity contribution in [3.8, 4) is 11.5 Å². The van der Waals surface area contributed by atoms with E-state index in [-0.39, 0.29) is 17.7 Å². The molecular formula is C30H20O6. The van der Waals surface area contributed by atoms with Gasteiger partial charge in [0.2, 0.25) is 0 Å². The van der Waals surface area contributed by atoms with Crippen LogP contribution >= 0.6 is 0 Å². The van der Waals surface area contributed by atoms with E-state index in [9.17, 15) is 19.8 Å². The summed E-state index contributed by atoms with van der Waals surface area (Å²) in [6.07, 6.45) is 0. The highest BCUT2D eigenvalue weighted by molar-refractivity contribution is 6.13. The van der Waals surface area contributed by atoms with Gasteiger partial charge < -0.3 is 19.7 Å². The summed E-state index contributed by atoms with van der Waals surface area (Å²) in [5.41, 5.74) is 0.292. The molecule has 1 aliphatic rings. The molecule has 0 saturated carbocycles. The SMILES string of the molecule is O=C(O)c1ccc(C2(c3cccc(C(=O)O)c3)COc3c(c4ccccc4c4ccccc34)O2)cc1. The third-order valence-electron chi connectivity index (χ3n) is 6.71. The lowest BCUT2D eigenvalue weighted by molar-refractivity contribution is 0.0234. The van der Waals surface area contributed by atoms with Crippen LogP contribution in [0.2, 0.25) is 0 Å². The van der Waals surface area contributed by atoms with E-state index in [1.165, 1.54) is 18.2 Å². The molecule has 5 aromatic rings. The van der Waals surface area contributed by atoms with Crippen molar-refractivity contribution in [3.63, 3.8) is 0 Å². The molecule has 176 valence electrons. The van der Waals surface area contributed by atoms with Crippen LogP contribution in [0.1, 0.15) is 31.8 Å². The summed E-state index contributed by atoms with van der Waals surface area (Å²) in [5, 5.41) is 22.9. The Morgan fingerprint density at radius 1 is 0.611 bits per heavy atom. The van der Waals surface area contributed by atoms with Crippen LogP contribution in [-0.4, -0.2) is 28.8 Å². The first-order valence-corrected chi connectivity index (χ1v) is 11.4. The van der Waals surface area contributed by atoms with Crippen molar-refractivity contribution < 1.29 is 29.3 Å². The monoisotopic (exact) mass is 476 g/mol.